The van der Waals surface area contributed by atoms with Crippen molar-refractivity contribution in [2.75, 3.05) is 13.6 Å². The zero-order valence-electron chi connectivity index (χ0n) is 10.6. The van der Waals surface area contributed by atoms with Crippen LogP contribution in [0.1, 0.15) is 5.56 Å². The van der Waals surface area contributed by atoms with Gasteiger partial charge in [-0.3, -0.25) is 0 Å². The molecular formula is C15H12O5. The Morgan fingerprint density at radius 3 is 2.20 bits per heavy atom. The highest BCUT2D eigenvalue weighted by Gasteiger charge is 2.15. The number of hydrogen-bond acceptors (Lipinski definition) is 5. The van der Waals surface area contributed by atoms with Gasteiger partial charge >= 0.3 is 0 Å². The van der Waals surface area contributed by atoms with Crippen molar-refractivity contribution in [1.29, 1.82) is 0 Å². The van der Waals surface area contributed by atoms with Gasteiger partial charge in [-0.1, -0.05) is 6.07 Å². The van der Waals surface area contributed by atoms with Crippen molar-refractivity contribution in [2.45, 2.75) is 6.61 Å². The van der Waals surface area contributed by atoms with Crippen molar-refractivity contribution in [2.24, 2.45) is 0 Å². The van der Waals surface area contributed by atoms with Crippen LogP contribution < -0.4 is 23.7 Å². The Morgan fingerprint density at radius 1 is 0.750 bits per heavy atom. The molecule has 0 amide bonds. The summed E-state index contributed by atoms with van der Waals surface area (Å²) in [6.45, 7) is 0.999. The van der Waals surface area contributed by atoms with E-state index in [2.05, 4.69) is 0 Å². The van der Waals surface area contributed by atoms with Crippen LogP contribution in [0.25, 0.3) is 0 Å². The summed E-state index contributed by atoms with van der Waals surface area (Å²) in [4.78, 5) is 0. The van der Waals surface area contributed by atoms with E-state index in [4.69, 9.17) is 23.7 Å². The summed E-state index contributed by atoms with van der Waals surface area (Å²) in [5.41, 5.74) is 1.02. The predicted molar refractivity (Wildman–Crippen MR) is 69.5 cm³/mol. The van der Waals surface area contributed by atoms with Gasteiger partial charge in [0.2, 0.25) is 13.6 Å². The molecule has 0 aliphatic carbocycles. The molecule has 2 aromatic rings. The average molecular weight is 272 g/mol. The van der Waals surface area contributed by atoms with Gasteiger partial charge in [0.1, 0.15) is 12.4 Å². The number of ether oxygens (including phenoxy) is 5. The maximum Gasteiger partial charge on any atom is 0.231 e. The Hall–Kier alpha value is -2.56. The number of fused-ring (bicyclic) bond motifs is 2. The quantitative estimate of drug-likeness (QED) is 0.859. The lowest BCUT2D eigenvalue weighted by Crippen LogP contribution is -1.95. The van der Waals surface area contributed by atoms with Crippen molar-refractivity contribution in [3.63, 3.8) is 0 Å². The minimum absolute atomic E-state index is 0.265. The molecule has 4 rings (SSSR count). The third-order valence-electron chi connectivity index (χ3n) is 3.19. The topological polar surface area (TPSA) is 46.2 Å². The van der Waals surface area contributed by atoms with Crippen LogP contribution in [0.5, 0.6) is 28.7 Å². The van der Waals surface area contributed by atoms with Gasteiger partial charge in [0.05, 0.1) is 0 Å². The van der Waals surface area contributed by atoms with Crippen LogP contribution in [0.2, 0.25) is 0 Å². The molecule has 102 valence electrons. The Labute approximate surface area is 115 Å². The van der Waals surface area contributed by atoms with Gasteiger partial charge in [-0.05, 0) is 29.8 Å². The molecule has 0 bridgehead atoms. The Kier molecular flexibility index (Phi) is 2.55. The first-order chi connectivity index (χ1) is 9.88. The van der Waals surface area contributed by atoms with Crippen molar-refractivity contribution in [1.82, 2.24) is 0 Å². The minimum atomic E-state index is 0.265. The van der Waals surface area contributed by atoms with E-state index in [1.807, 2.05) is 36.4 Å². The lowest BCUT2D eigenvalue weighted by molar-refractivity contribution is 0.173. The van der Waals surface area contributed by atoms with Crippen LogP contribution in [-0.4, -0.2) is 13.6 Å². The maximum absolute atomic E-state index is 5.75. The minimum Gasteiger partial charge on any atom is -0.489 e. The SMILES string of the molecule is c1cc2c(cc1COc1ccc3c(c1)OCO3)OCO2. The standard InChI is InChI=1S/C15H12O5/c1-3-12-14(19-8-17-12)5-10(1)7-16-11-2-4-13-15(6-11)20-9-18-13/h1-6H,7-9H2. The number of hydrogen-bond donors (Lipinski definition) is 0. The fourth-order valence-corrected chi connectivity index (χ4v) is 2.16. The third kappa shape index (κ3) is 1.97. The van der Waals surface area contributed by atoms with E-state index in [1.54, 1.807) is 0 Å². The molecule has 0 fully saturated rings. The molecule has 2 aliphatic heterocycles. The zero-order valence-corrected chi connectivity index (χ0v) is 10.6. The van der Waals surface area contributed by atoms with Crippen molar-refractivity contribution >= 4 is 0 Å². The van der Waals surface area contributed by atoms with Gasteiger partial charge < -0.3 is 23.7 Å². The molecule has 0 aromatic heterocycles. The Balaban J connectivity index is 1.47. The fraction of sp³-hybridized carbons (Fsp3) is 0.200. The van der Waals surface area contributed by atoms with Gasteiger partial charge in [0.15, 0.2) is 23.0 Å². The van der Waals surface area contributed by atoms with E-state index in [0.29, 0.717) is 12.4 Å². The van der Waals surface area contributed by atoms with Crippen LogP contribution in [0.15, 0.2) is 36.4 Å². The normalized spacial score (nSPS) is 14.4. The molecule has 0 atom stereocenters. The maximum atomic E-state index is 5.75. The second-order valence-electron chi connectivity index (χ2n) is 4.49. The van der Waals surface area contributed by atoms with Gasteiger partial charge in [-0.25, -0.2) is 0 Å². The number of benzene rings is 2. The zero-order chi connectivity index (χ0) is 13.4. The molecule has 5 heteroatoms. The molecule has 2 aromatic carbocycles. The highest BCUT2D eigenvalue weighted by Crippen LogP contribution is 2.36. The first kappa shape index (κ1) is 11.3. The van der Waals surface area contributed by atoms with E-state index in [0.717, 1.165) is 28.6 Å². The summed E-state index contributed by atoms with van der Waals surface area (Å²) in [5.74, 6) is 3.74. The van der Waals surface area contributed by atoms with Crippen LogP contribution in [0.4, 0.5) is 0 Å². The van der Waals surface area contributed by atoms with Crippen LogP contribution in [-0.2, 0) is 6.61 Å². The molecule has 2 heterocycles. The van der Waals surface area contributed by atoms with Crippen molar-refractivity contribution in [3.8, 4) is 28.7 Å². The van der Waals surface area contributed by atoms with E-state index in [9.17, 15) is 0 Å². The lowest BCUT2D eigenvalue weighted by atomic mass is 10.2. The molecule has 0 spiro atoms. The van der Waals surface area contributed by atoms with Crippen molar-refractivity contribution in [3.05, 3.63) is 42.0 Å². The van der Waals surface area contributed by atoms with E-state index in [-0.39, 0.29) is 13.6 Å². The van der Waals surface area contributed by atoms with Crippen LogP contribution in [0, 0.1) is 0 Å². The van der Waals surface area contributed by atoms with Crippen molar-refractivity contribution < 1.29 is 23.7 Å². The summed E-state index contributed by atoms with van der Waals surface area (Å²) in [5, 5.41) is 0. The molecule has 0 saturated heterocycles. The summed E-state index contributed by atoms with van der Waals surface area (Å²) in [7, 11) is 0. The first-order valence-electron chi connectivity index (χ1n) is 6.29. The second kappa shape index (κ2) is 4.52. The molecule has 0 saturated carbocycles. The molecule has 0 radical (unpaired) electrons. The molecule has 5 nitrogen and oxygen atoms in total. The fourth-order valence-electron chi connectivity index (χ4n) is 2.16. The number of rotatable bonds is 3. The third-order valence-corrected chi connectivity index (χ3v) is 3.19. The summed E-state index contributed by atoms with van der Waals surface area (Å²) in [6.07, 6.45) is 0. The highest BCUT2D eigenvalue weighted by atomic mass is 16.7. The summed E-state index contributed by atoms with van der Waals surface area (Å²) >= 11 is 0. The van der Waals surface area contributed by atoms with Crippen LogP contribution >= 0.6 is 0 Å². The summed E-state index contributed by atoms with van der Waals surface area (Å²) < 4.78 is 26.9. The van der Waals surface area contributed by atoms with E-state index >= 15 is 0 Å². The van der Waals surface area contributed by atoms with Gasteiger partial charge in [-0.2, -0.15) is 0 Å². The Morgan fingerprint density at radius 2 is 1.40 bits per heavy atom. The summed E-state index contributed by atoms with van der Waals surface area (Å²) in [6, 6.07) is 11.3. The largest absolute Gasteiger partial charge is 0.489 e. The lowest BCUT2D eigenvalue weighted by Gasteiger charge is -2.07. The van der Waals surface area contributed by atoms with E-state index in [1.165, 1.54) is 0 Å². The molecular weight excluding hydrogens is 260 g/mol. The van der Waals surface area contributed by atoms with Gasteiger partial charge in [0, 0.05) is 6.07 Å². The monoisotopic (exact) mass is 272 g/mol. The first-order valence-corrected chi connectivity index (χ1v) is 6.29. The molecule has 0 unspecified atom stereocenters. The molecule has 20 heavy (non-hydrogen) atoms. The smallest absolute Gasteiger partial charge is 0.231 e. The van der Waals surface area contributed by atoms with Crippen LogP contribution in [0.3, 0.4) is 0 Å². The van der Waals surface area contributed by atoms with Gasteiger partial charge in [0.25, 0.3) is 0 Å². The molecule has 0 N–H and O–H groups in total. The van der Waals surface area contributed by atoms with E-state index < -0.39 is 0 Å². The molecule has 2 aliphatic rings. The Bertz CT molecular complexity index is 595. The predicted octanol–water partition coefficient (Wildman–Crippen LogP) is 2.72. The highest BCUT2D eigenvalue weighted by molar-refractivity contribution is 5.47. The average Bonchev–Trinajstić information content (AvgIpc) is 3.12. The second-order valence-corrected chi connectivity index (χ2v) is 4.49. The van der Waals surface area contributed by atoms with Gasteiger partial charge in [-0.15, -0.1) is 0 Å².